The summed E-state index contributed by atoms with van der Waals surface area (Å²) in [5.41, 5.74) is 6.91. The van der Waals surface area contributed by atoms with Crippen LogP contribution in [0.25, 0.3) is 6.08 Å². The van der Waals surface area contributed by atoms with Gasteiger partial charge in [0.05, 0.1) is 21.3 Å². The van der Waals surface area contributed by atoms with E-state index in [2.05, 4.69) is 10.6 Å². The van der Waals surface area contributed by atoms with E-state index in [-0.39, 0.29) is 23.9 Å². The molecule has 0 heterocycles. The first-order chi connectivity index (χ1) is 17.8. The predicted molar refractivity (Wildman–Crippen MR) is 143 cm³/mol. The van der Waals surface area contributed by atoms with Gasteiger partial charge in [0.1, 0.15) is 6.10 Å². The molecule has 0 bridgehead atoms. The van der Waals surface area contributed by atoms with Gasteiger partial charge in [-0.2, -0.15) is 0 Å². The third-order valence-electron chi connectivity index (χ3n) is 7.54. The topological polar surface area (TPSA) is 132 Å². The Morgan fingerprint density at radius 1 is 0.946 bits per heavy atom. The van der Waals surface area contributed by atoms with Gasteiger partial charge in [0.2, 0.25) is 11.7 Å². The van der Waals surface area contributed by atoms with Crippen LogP contribution >= 0.6 is 0 Å². The van der Waals surface area contributed by atoms with Gasteiger partial charge in [0.15, 0.2) is 11.5 Å². The monoisotopic (exact) mass is 517 g/mol. The predicted octanol–water partition coefficient (Wildman–Crippen LogP) is 2.93. The van der Waals surface area contributed by atoms with Gasteiger partial charge in [0.25, 0.3) is 5.91 Å². The lowest BCUT2D eigenvalue weighted by molar-refractivity contribution is -0.131. The number of carbonyl (C=O) groups excluding carboxylic acids is 2. The van der Waals surface area contributed by atoms with Gasteiger partial charge in [-0.1, -0.05) is 32.1 Å². The maximum Gasteiger partial charge on any atom is 0.250 e. The van der Waals surface area contributed by atoms with Crippen LogP contribution in [0, 0.1) is 5.92 Å². The minimum Gasteiger partial charge on any atom is -0.493 e. The van der Waals surface area contributed by atoms with Gasteiger partial charge in [-0.15, -0.1) is 0 Å². The zero-order valence-corrected chi connectivity index (χ0v) is 22.3. The van der Waals surface area contributed by atoms with Crippen LogP contribution in [0.15, 0.2) is 18.2 Å². The van der Waals surface area contributed by atoms with Crippen molar-refractivity contribution in [1.82, 2.24) is 10.6 Å². The molecule has 0 spiro atoms. The summed E-state index contributed by atoms with van der Waals surface area (Å²) >= 11 is 0. The lowest BCUT2D eigenvalue weighted by Crippen LogP contribution is -2.51. The van der Waals surface area contributed by atoms with Crippen molar-refractivity contribution in [1.29, 1.82) is 0 Å². The van der Waals surface area contributed by atoms with Crippen molar-refractivity contribution in [3.05, 3.63) is 23.8 Å². The molecule has 2 aliphatic rings. The van der Waals surface area contributed by atoms with Crippen molar-refractivity contribution in [3.63, 3.8) is 0 Å². The summed E-state index contributed by atoms with van der Waals surface area (Å²) in [4.78, 5) is 25.1. The second kappa shape index (κ2) is 14.2. The number of rotatable bonds is 11. The first-order valence-corrected chi connectivity index (χ1v) is 13.4. The first kappa shape index (κ1) is 28.8. The Bertz CT molecular complexity index is 897. The highest BCUT2D eigenvalue weighted by Gasteiger charge is 2.29. The van der Waals surface area contributed by atoms with Crippen LogP contribution in [-0.4, -0.2) is 62.5 Å². The average molecular weight is 518 g/mol. The summed E-state index contributed by atoms with van der Waals surface area (Å²) in [7, 11) is 4.63. The van der Waals surface area contributed by atoms with Crippen LogP contribution in [0.2, 0.25) is 0 Å². The Balaban J connectivity index is 1.42. The molecule has 0 aliphatic heterocycles. The fourth-order valence-corrected chi connectivity index (χ4v) is 5.42. The van der Waals surface area contributed by atoms with Gasteiger partial charge in [-0.25, -0.2) is 0 Å². The van der Waals surface area contributed by atoms with Gasteiger partial charge in [-0.3, -0.25) is 9.59 Å². The van der Waals surface area contributed by atoms with Crippen LogP contribution in [0.1, 0.15) is 69.8 Å². The second-order valence-electron chi connectivity index (χ2n) is 10.2. The Kier molecular flexibility index (Phi) is 11.1. The van der Waals surface area contributed by atoms with Gasteiger partial charge in [-0.05, 0) is 61.8 Å². The van der Waals surface area contributed by atoms with Crippen LogP contribution in [0.4, 0.5) is 0 Å². The summed E-state index contributed by atoms with van der Waals surface area (Å²) in [6.07, 6.45) is 11.6. The molecule has 3 rings (SSSR count). The molecule has 2 fully saturated rings. The van der Waals surface area contributed by atoms with E-state index in [1.165, 1.54) is 25.3 Å². The summed E-state index contributed by atoms with van der Waals surface area (Å²) < 4.78 is 16.0. The third-order valence-corrected chi connectivity index (χ3v) is 7.54. The number of nitrogens with one attached hydrogen (secondary N) is 2. The number of ether oxygens (including phenoxy) is 3. The molecular weight excluding hydrogens is 474 g/mol. The molecule has 0 radical (unpaired) electrons. The van der Waals surface area contributed by atoms with Crippen molar-refractivity contribution in [2.45, 2.75) is 88.4 Å². The summed E-state index contributed by atoms with van der Waals surface area (Å²) in [6.45, 7) is 0. The molecule has 9 heteroatoms. The molecule has 2 atom stereocenters. The standard InChI is InChI=1S/C28H43N3O6/c1-35-23-16-19(17-24(36-2)27(23)37-3)9-14-25(32)30-20-10-12-21(13-11-20)31-28(34)26(33)22(29)15-18-7-5-4-6-8-18/h9,14,16-18,20-22,26,33H,4-8,10-13,15,29H2,1-3H3,(H,30,32)(H,31,34). The van der Waals surface area contributed by atoms with E-state index in [9.17, 15) is 14.7 Å². The van der Waals surface area contributed by atoms with Crippen LogP contribution in [-0.2, 0) is 9.59 Å². The molecular formula is C28H43N3O6. The van der Waals surface area contributed by atoms with Crippen LogP contribution in [0.5, 0.6) is 17.2 Å². The van der Waals surface area contributed by atoms with E-state index in [1.807, 2.05) is 0 Å². The van der Waals surface area contributed by atoms with E-state index in [0.717, 1.165) is 44.1 Å². The van der Waals surface area contributed by atoms with E-state index >= 15 is 0 Å². The van der Waals surface area contributed by atoms with Crippen LogP contribution < -0.4 is 30.6 Å². The molecule has 1 aromatic carbocycles. The number of amides is 2. The van der Waals surface area contributed by atoms with Gasteiger partial charge < -0.3 is 35.7 Å². The molecule has 9 nitrogen and oxygen atoms in total. The number of methoxy groups -OCH3 is 3. The molecule has 0 saturated heterocycles. The van der Waals surface area contributed by atoms with Gasteiger partial charge >= 0.3 is 0 Å². The quantitative estimate of drug-likeness (QED) is 0.332. The number of carbonyl (C=O) groups is 2. The number of nitrogens with two attached hydrogens (primary N) is 1. The molecule has 206 valence electrons. The van der Waals surface area contributed by atoms with Crippen molar-refractivity contribution < 1.29 is 28.9 Å². The van der Waals surface area contributed by atoms with E-state index in [4.69, 9.17) is 19.9 Å². The average Bonchev–Trinajstić information content (AvgIpc) is 2.92. The largest absolute Gasteiger partial charge is 0.493 e. The first-order valence-electron chi connectivity index (χ1n) is 13.4. The van der Waals surface area contributed by atoms with Crippen molar-refractivity contribution in [2.75, 3.05) is 21.3 Å². The Labute approximate surface area is 220 Å². The highest BCUT2D eigenvalue weighted by atomic mass is 16.5. The van der Waals surface area contributed by atoms with Crippen molar-refractivity contribution in [2.24, 2.45) is 11.7 Å². The number of aliphatic hydroxyl groups is 1. The number of benzene rings is 1. The van der Waals surface area contributed by atoms with Crippen molar-refractivity contribution >= 4 is 17.9 Å². The van der Waals surface area contributed by atoms with E-state index in [0.29, 0.717) is 29.6 Å². The molecule has 37 heavy (non-hydrogen) atoms. The fraction of sp³-hybridized carbons (Fsp3) is 0.643. The lowest BCUT2D eigenvalue weighted by atomic mass is 9.84. The summed E-state index contributed by atoms with van der Waals surface area (Å²) in [5.74, 6) is 1.46. The molecule has 2 amide bonds. The second-order valence-corrected chi connectivity index (χ2v) is 10.2. The fourth-order valence-electron chi connectivity index (χ4n) is 5.42. The lowest BCUT2D eigenvalue weighted by Gasteiger charge is -2.31. The minimum absolute atomic E-state index is 0.0213. The van der Waals surface area contributed by atoms with Crippen molar-refractivity contribution in [3.8, 4) is 17.2 Å². The van der Waals surface area contributed by atoms with Gasteiger partial charge in [0, 0.05) is 24.2 Å². The summed E-state index contributed by atoms with van der Waals surface area (Å²) in [5, 5.41) is 16.4. The zero-order chi connectivity index (χ0) is 26.8. The molecule has 2 saturated carbocycles. The number of aliphatic hydroxyl groups excluding tert-OH is 1. The normalized spacial score (nSPS) is 22.2. The molecule has 5 N–H and O–H groups in total. The number of hydrogen-bond donors (Lipinski definition) is 4. The highest BCUT2D eigenvalue weighted by molar-refractivity contribution is 5.92. The molecule has 2 unspecified atom stereocenters. The Morgan fingerprint density at radius 2 is 1.51 bits per heavy atom. The Hall–Kier alpha value is -2.78. The smallest absolute Gasteiger partial charge is 0.250 e. The highest BCUT2D eigenvalue weighted by Crippen LogP contribution is 2.38. The van der Waals surface area contributed by atoms with E-state index < -0.39 is 12.1 Å². The van der Waals surface area contributed by atoms with E-state index in [1.54, 1.807) is 39.5 Å². The third kappa shape index (κ3) is 8.36. The molecule has 0 aromatic heterocycles. The molecule has 1 aromatic rings. The Morgan fingerprint density at radius 3 is 2.05 bits per heavy atom. The summed E-state index contributed by atoms with van der Waals surface area (Å²) in [6, 6.07) is 3.02. The van der Waals surface area contributed by atoms with Crippen LogP contribution in [0.3, 0.4) is 0 Å². The zero-order valence-electron chi connectivity index (χ0n) is 22.3. The maximum absolute atomic E-state index is 12.6. The SMILES string of the molecule is COc1cc(C=CC(=O)NC2CCC(NC(=O)C(O)C(N)CC3CCCCC3)CC2)cc(OC)c1OC. The minimum atomic E-state index is -1.18. The maximum atomic E-state index is 12.6. The number of hydrogen-bond acceptors (Lipinski definition) is 7. The molecule has 2 aliphatic carbocycles.